The van der Waals surface area contributed by atoms with Gasteiger partial charge in [0.1, 0.15) is 42.7 Å². The van der Waals surface area contributed by atoms with Crippen molar-refractivity contribution in [3.8, 4) is 0 Å². The van der Waals surface area contributed by atoms with E-state index in [1.54, 1.807) is 12.2 Å². The molecule has 1 aromatic carbocycles. The Morgan fingerprint density at radius 1 is 1.03 bits per heavy atom. The van der Waals surface area contributed by atoms with Crippen LogP contribution < -0.4 is 0 Å². The maximum Gasteiger partial charge on any atom is 0.330 e. The average molecular weight is 492 g/mol. The van der Waals surface area contributed by atoms with E-state index >= 15 is 0 Å². The number of fused-ring (bicyclic) bond motifs is 3. The Kier molecular flexibility index (Phi) is 6.68. The van der Waals surface area contributed by atoms with E-state index in [0.717, 1.165) is 5.56 Å². The first-order valence-electron chi connectivity index (χ1n) is 11.4. The summed E-state index contributed by atoms with van der Waals surface area (Å²) in [6.45, 7) is -0.776. The molecule has 5 N–H and O–H groups in total. The van der Waals surface area contributed by atoms with Gasteiger partial charge in [0.2, 0.25) is 6.29 Å². The molecule has 1 aliphatic carbocycles. The van der Waals surface area contributed by atoms with E-state index in [0.29, 0.717) is 0 Å². The van der Waals surface area contributed by atoms with Gasteiger partial charge in [-0.05, 0) is 17.7 Å². The van der Waals surface area contributed by atoms with Crippen molar-refractivity contribution in [2.45, 2.75) is 54.8 Å². The van der Waals surface area contributed by atoms with Gasteiger partial charge in [-0.1, -0.05) is 30.3 Å². The van der Waals surface area contributed by atoms with Crippen LogP contribution in [0.2, 0.25) is 0 Å². The second-order valence-electron chi connectivity index (χ2n) is 9.10. The van der Waals surface area contributed by atoms with Crippen LogP contribution in [0.1, 0.15) is 5.56 Å². The molecule has 0 unspecified atom stereocenters. The molecule has 5 rings (SSSR count). The molecule has 0 bridgehead atoms. The molecular formula is C24H28O11. The molecule has 3 fully saturated rings. The van der Waals surface area contributed by atoms with Crippen molar-refractivity contribution >= 4 is 12.0 Å². The van der Waals surface area contributed by atoms with Crippen molar-refractivity contribution in [1.82, 2.24) is 0 Å². The summed E-state index contributed by atoms with van der Waals surface area (Å²) in [5.41, 5.74) is -0.248. The molecule has 0 amide bonds. The number of esters is 1. The lowest BCUT2D eigenvalue weighted by molar-refractivity contribution is -0.344. The molecule has 11 heteroatoms. The number of carbonyl (C=O) groups excluding carboxylic acids is 1. The van der Waals surface area contributed by atoms with Crippen molar-refractivity contribution in [2.75, 3.05) is 13.2 Å². The number of benzene rings is 1. The summed E-state index contributed by atoms with van der Waals surface area (Å²) < 4.78 is 27.7. The molecule has 4 aliphatic rings. The average Bonchev–Trinajstić information content (AvgIpc) is 3.57. The molecule has 3 heterocycles. The molecule has 0 spiro atoms. The molecule has 0 aromatic heterocycles. The van der Waals surface area contributed by atoms with Gasteiger partial charge in [-0.25, -0.2) is 4.79 Å². The first-order chi connectivity index (χ1) is 16.9. The number of aliphatic hydroxyl groups is 5. The molecule has 11 atom stereocenters. The lowest BCUT2D eigenvalue weighted by Gasteiger charge is -2.43. The van der Waals surface area contributed by atoms with Crippen LogP contribution in [0.4, 0.5) is 0 Å². The van der Waals surface area contributed by atoms with Crippen molar-refractivity contribution in [3.05, 3.63) is 54.3 Å². The highest BCUT2D eigenvalue weighted by molar-refractivity contribution is 5.87. The molecule has 35 heavy (non-hydrogen) atoms. The van der Waals surface area contributed by atoms with Gasteiger partial charge in [-0.3, -0.25) is 0 Å². The smallest absolute Gasteiger partial charge is 0.330 e. The van der Waals surface area contributed by atoms with E-state index in [2.05, 4.69) is 0 Å². The van der Waals surface area contributed by atoms with E-state index in [1.165, 1.54) is 12.3 Å². The highest BCUT2D eigenvalue weighted by Crippen LogP contribution is 2.59. The molecule has 1 saturated carbocycles. The zero-order valence-corrected chi connectivity index (χ0v) is 18.6. The fraction of sp³-hybridized carbons (Fsp3) is 0.542. The quantitative estimate of drug-likeness (QED) is 0.174. The van der Waals surface area contributed by atoms with Crippen LogP contribution >= 0.6 is 0 Å². The Morgan fingerprint density at radius 2 is 1.80 bits per heavy atom. The van der Waals surface area contributed by atoms with Crippen LogP contribution in [0.3, 0.4) is 0 Å². The third kappa shape index (κ3) is 4.39. The summed E-state index contributed by atoms with van der Waals surface area (Å²) in [5, 5.41) is 51.5. The summed E-state index contributed by atoms with van der Waals surface area (Å²) in [4.78, 5) is 12.1. The maximum atomic E-state index is 12.1. The standard InChI is InChI=1S/C24H28O11/c25-11-24-16-13(17(27)21(24)35-24)8-9-31-22(16)34-23-20(30)19(29)18(28)14(33-23)10-32-15(26)7-6-12-4-2-1-3-5-12/h1-9,13-14,16-23,25,27-30H,10-11H2/b7-6+/t13-,14+,16-,17+,18-,19+,20+,21+,22+,23+,24-/m1/s1. The van der Waals surface area contributed by atoms with Gasteiger partial charge in [-0.2, -0.15) is 0 Å². The summed E-state index contributed by atoms with van der Waals surface area (Å²) in [6, 6.07) is 9.11. The Balaban J connectivity index is 1.22. The van der Waals surface area contributed by atoms with Crippen LogP contribution in [0.25, 0.3) is 6.08 Å². The highest BCUT2D eigenvalue weighted by atomic mass is 16.8. The van der Waals surface area contributed by atoms with Crippen LogP contribution in [0, 0.1) is 11.8 Å². The van der Waals surface area contributed by atoms with Crippen molar-refractivity contribution in [3.63, 3.8) is 0 Å². The number of aliphatic hydroxyl groups excluding tert-OH is 5. The SMILES string of the molecule is O=C(/C=C/c1ccccc1)OC[C@@H]1O[C@@H](O[C@@H]2OC=C[C@H]3[C@H](O)[C@@H]4O[C@]4(CO)[C@@H]23)[C@@H](O)[C@@H](O)[C@@H]1O. The van der Waals surface area contributed by atoms with E-state index < -0.39 is 79.2 Å². The van der Waals surface area contributed by atoms with Gasteiger partial charge >= 0.3 is 5.97 Å². The largest absolute Gasteiger partial charge is 0.472 e. The fourth-order valence-electron chi connectivity index (χ4n) is 5.10. The predicted molar refractivity (Wildman–Crippen MR) is 116 cm³/mol. The van der Waals surface area contributed by atoms with Gasteiger partial charge in [0.05, 0.1) is 24.9 Å². The molecule has 11 nitrogen and oxygen atoms in total. The molecule has 190 valence electrons. The van der Waals surface area contributed by atoms with Gasteiger partial charge in [0.15, 0.2) is 6.29 Å². The van der Waals surface area contributed by atoms with Gasteiger partial charge in [0, 0.05) is 12.0 Å². The van der Waals surface area contributed by atoms with E-state index in [9.17, 15) is 30.3 Å². The number of hydrogen-bond acceptors (Lipinski definition) is 11. The van der Waals surface area contributed by atoms with E-state index in [4.69, 9.17) is 23.7 Å². The molecular weight excluding hydrogens is 464 g/mol. The van der Waals surface area contributed by atoms with Crippen LogP contribution in [-0.2, 0) is 28.5 Å². The minimum atomic E-state index is -1.65. The monoisotopic (exact) mass is 492 g/mol. The second-order valence-corrected chi connectivity index (χ2v) is 9.10. The Labute approximate surface area is 200 Å². The Hall–Kier alpha value is -2.35. The first kappa shape index (κ1) is 24.3. The second kappa shape index (κ2) is 9.60. The van der Waals surface area contributed by atoms with Crippen LogP contribution in [0.5, 0.6) is 0 Å². The van der Waals surface area contributed by atoms with Crippen molar-refractivity contribution in [1.29, 1.82) is 0 Å². The summed E-state index contributed by atoms with van der Waals surface area (Å²) >= 11 is 0. The van der Waals surface area contributed by atoms with Crippen LogP contribution in [-0.4, -0.2) is 99.5 Å². The minimum Gasteiger partial charge on any atom is -0.472 e. The Morgan fingerprint density at radius 3 is 2.54 bits per heavy atom. The normalized spacial score (nSPS) is 43.9. The van der Waals surface area contributed by atoms with Crippen molar-refractivity contribution < 1.29 is 54.0 Å². The first-order valence-corrected chi connectivity index (χ1v) is 11.4. The van der Waals surface area contributed by atoms with E-state index in [1.807, 2.05) is 30.3 Å². The third-order valence-electron chi connectivity index (χ3n) is 7.05. The lowest BCUT2D eigenvalue weighted by Crippen LogP contribution is -2.60. The summed E-state index contributed by atoms with van der Waals surface area (Å²) in [5.74, 6) is -1.70. The molecule has 0 radical (unpaired) electrons. The van der Waals surface area contributed by atoms with E-state index in [-0.39, 0.29) is 6.61 Å². The number of rotatable bonds is 7. The molecule has 2 saturated heterocycles. The van der Waals surface area contributed by atoms with Crippen molar-refractivity contribution in [2.24, 2.45) is 11.8 Å². The minimum absolute atomic E-state index is 0.364. The predicted octanol–water partition coefficient (Wildman–Crippen LogP) is -1.33. The third-order valence-corrected chi connectivity index (χ3v) is 7.05. The van der Waals surface area contributed by atoms with Crippen LogP contribution in [0.15, 0.2) is 48.7 Å². The summed E-state index contributed by atoms with van der Waals surface area (Å²) in [6.07, 6.45) is -4.23. The fourth-order valence-corrected chi connectivity index (χ4v) is 5.10. The zero-order valence-electron chi connectivity index (χ0n) is 18.6. The summed E-state index contributed by atoms with van der Waals surface area (Å²) in [7, 11) is 0. The van der Waals surface area contributed by atoms with Gasteiger partial charge in [0.25, 0.3) is 0 Å². The lowest BCUT2D eigenvalue weighted by atomic mass is 9.85. The maximum absolute atomic E-state index is 12.1. The van der Waals surface area contributed by atoms with Gasteiger partial charge < -0.3 is 49.2 Å². The number of ether oxygens (including phenoxy) is 5. The highest BCUT2D eigenvalue weighted by Gasteiger charge is 2.75. The molecule has 3 aliphatic heterocycles. The number of epoxide rings is 1. The number of hydrogen-bond donors (Lipinski definition) is 5. The topological polar surface area (TPSA) is 168 Å². The Bertz CT molecular complexity index is 967. The number of carbonyl (C=O) groups is 1. The van der Waals surface area contributed by atoms with Gasteiger partial charge in [-0.15, -0.1) is 0 Å². The zero-order chi connectivity index (χ0) is 24.7. The molecule has 1 aromatic rings.